The molecule has 0 aromatic heterocycles. The highest BCUT2D eigenvalue weighted by atomic mass is 32.2. The van der Waals surface area contributed by atoms with Gasteiger partial charge in [-0.15, -0.1) is 0 Å². The van der Waals surface area contributed by atoms with Crippen molar-refractivity contribution in [2.24, 2.45) is 0 Å². The smallest absolute Gasteiger partial charge is 0.254 e. The van der Waals surface area contributed by atoms with E-state index in [0.29, 0.717) is 24.2 Å². The molecule has 0 heterocycles. The van der Waals surface area contributed by atoms with E-state index in [4.69, 9.17) is 0 Å². The normalized spacial score (nSPS) is 18.2. The lowest BCUT2D eigenvalue weighted by Gasteiger charge is -2.26. The summed E-state index contributed by atoms with van der Waals surface area (Å²) in [6.45, 7) is 1.58. The maximum atomic E-state index is 12.8. The van der Waals surface area contributed by atoms with Gasteiger partial charge in [-0.25, -0.2) is 8.42 Å². The van der Waals surface area contributed by atoms with Gasteiger partial charge in [-0.3, -0.25) is 4.79 Å². The number of sulfone groups is 1. The number of hydrogen-bond donors (Lipinski definition) is 0. The van der Waals surface area contributed by atoms with Gasteiger partial charge in [0.2, 0.25) is 0 Å². The average molecular weight is 336 g/mol. The van der Waals surface area contributed by atoms with Crippen LogP contribution in [0.4, 0.5) is 0 Å². The van der Waals surface area contributed by atoms with Crippen LogP contribution in [0.25, 0.3) is 0 Å². The first-order valence-corrected chi connectivity index (χ1v) is 10.1. The van der Waals surface area contributed by atoms with Gasteiger partial charge in [0.25, 0.3) is 5.91 Å². The van der Waals surface area contributed by atoms with Crippen molar-refractivity contribution in [2.75, 3.05) is 26.4 Å². The van der Waals surface area contributed by atoms with Crippen molar-refractivity contribution in [1.29, 1.82) is 0 Å². The van der Waals surface area contributed by atoms with Crippen LogP contribution in [0.1, 0.15) is 36.0 Å². The van der Waals surface area contributed by atoms with Crippen LogP contribution in [-0.4, -0.2) is 62.6 Å². The van der Waals surface area contributed by atoms with Crippen molar-refractivity contribution < 1.29 is 13.2 Å². The summed E-state index contributed by atoms with van der Waals surface area (Å²) in [5.41, 5.74) is 0.467. The molecule has 1 aromatic carbocycles. The van der Waals surface area contributed by atoms with E-state index in [1.165, 1.54) is 31.2 Å². The van der Waals surface area contributed by atoms with Crippen LogP contribution in [0, 0.1) is 0 Å². The van der Waals surface area contributed by atoms with Gasteiger partial charge in [0.1, 0.15) is 0 Å². The molecule has 2 aliphatic carbocycles. The first kappa shape index (κ1) is 16.5. The standard InChI is InChI=1S/C17H24N2O3S/c1-18(14-6-7-14)10-11-19(15-8-9-15)17(20)13-4-3-5-16(12-13)23(2,21)22/h3-5,12,14-15H,6-11H2,1-2H3. The quantitative estimate of drug-likeness (QED) is 0.762. The van der Waals surface area contributed by atoms with Gasteiger partial charge in [0, 0.05) is 37.0 Å². The molecule has 1 amide bonds. The van der Waals surface area contributed by atoms with Crippen molar-refractivity contribution in [3.63, 3.8) is 0 Å². The highest BCUT2D eigenvalue weighted by Crippen LogP contribution is 2.29. The summed E-state index contributed by atoms with van der Waals surface area (Å²) in [6.07, 6.45) is 5.77. The number of rotatable bonds is 7. The van der Waals surface area contributed by atoms with Crippen LogP contribution < -0.4 is 0 Å². The number of nitrogens with zero attached hydrogens (tertiary/aromatic N) is 2. The Morgan fingerprint density at radius 2 is 1.78 bits per heavy atom. The molecular weight excluding hydrogens is 312 g/mol. The topological polar surface area (TPSA) is 57.7 Å². The molecule has 0 radical (unpaired) electrons. The minimum atomic E-state index is -3.30. The predicted molar refractivity (Wildman–Crippen MR) is 89.3 cm³/mol. The van der Waals surface area contributed by atoms with E-state index in [0.717, 1.165) is 19.4 Å². The number of hydrogen-bond acceptors (Lipinski definition) is 4. The van der Waals surface area contributed by atoms with E-state index >= 15 is 0 Å². The summed E-state index contributed by atoms with van der Waals surface area (Å²) in [5.74, 6) is -0.0535. The third-order valence-electron chi connectivity index (χ3n) is 4.62. The first-order valence-electron chi connectivity index (χ1n) is 8.17. The van der Waals surface area contributed by atoms with Gasteiger partial charge in [-0.2, -0.15) is 0 Å². The zero-order chi connectivity index (χ0) is 16.6. The van der Waals surface area contributed by atoms with E-state index in [1.807, 2.05) is 4.90 Å². The van der Waals surface area contributed by atoms with Crippen molar-refractivity contribution in [3.05, 3.63) is 29.8 Å². The Balaban J connectivity index is 1.73. The Morgan fingerprint density at radius 1 is 1.13 bits per heavy atom. The lowest BCUT2D eigenvalue weighted by atomic mass is 10.2. The molecule has 1 aromatic rings. The Hall–Kier alpha value is -1.40. The highest BCUT2D eigenvalue weighted by Gasteiger charge is 2.34. The van der Waals surface area contributed by atoms with Crippen LogP contribution >= 0.6 is 0 Å². The lowest BCUT2D eigenvalue weighted by Crippen LogP contribution is -2.39. The molecule has 0 aliphatic heterocycles. The van der Waals surface area contributed by atoms with Crippen LogP contribution in [0.2, 0.25) is 0 Å². The maximum absolute atomic E-state index is 12.8. The monoisotopic (exact) mass is 336 g/mol. The molecule has 0 unspecified atom stereocenters. The molecule has 0 N–H and O–H groups in total. The highest BCUT2D eigenvalue weighted by molar-refractivity contribution is 7.90. The van der Waals surface area contributed by atoms with E-state index in [9.17, 15) is 13.2 Å². The van der Waals surface area contributed by atoms with Gasteiger partial charge < -0.3 is 9.80 Å². The molecule has 0 atom stereocenters. The van der Waals surface area contributed by atoms with Crippen molar-refractivity contribution in [1.82, 2.24) is 9.80 Å². The maximum Gasteiger partial charge on any atom is 0.254 e. The van der Waals surface area contributed by atoms with Crippen LogP contribution in [-0.2, 0) is 9.84 Å². The molecule has 2 aliphatic rings. The summed E-state index contributed by atoms with van der Waals surface area (Å²) in [5, 5.41) is 0. The SMILES string of the molecule is CN(CCN(C(=O)c1cccc(S(C)(=O)=O)c1)C1CC1)C1CC1. The molecule has 0 bridgehead atoms. The third kappa shape index (κ3) is 4.12. The summed E-state index contributed by atoms with van der Waals surface area (Å²) in [4.78, 5) is 17.3. The summed E-state index contributed by atoms with van der Waals surface area (Å²) in [6, 6.07) is 7.38. The minimum absolute atomic E-state index is 0.0535. The molecule has 23 heavy (non-hydrogen) atoms. The molecule has 0 saturated heterocycles. The second-order valence-corrected chi connectivity index (χ2v) is 8.76. The zero-order valence-electron chi connectivity index (χ0n) is 13.7. The van der Waals surface area contributed by atoms with Crippen LogP contribution in [0.15, 0.2) is 29.2 Å². The zero-order valence-corrected chi connectivity index (χ0v) is 14.6. The fraction of sp³-hybridized carbons (Fsp3) is 0.588. The molecule has 5 nitrogen and oxygen atoms in total. The van der Waals surface area contributed by atoms with Crippen LogP contribution in [0.3, 0.4) is 0 Å². The van der Waals surface area contributed by atoms with E-state index < -0.39 is 9.84 Å². The average Bonchev–Trinajstić information content (AvgIpc) is 3.38. The molecule has 0 spiro atoms. The largest absolute Gasteiger partial charge is 0.334 e. The van der Waals surface area contributed by atoms with Gasteiger partial charge in [-0.1, -0.05) is 6.07 Å². The predicted octanol–water partition coefficient (Wildman–Crippen LogP) is 1.79. The molecule has 2 saturated carbocycles. The summed E-state index contributed by atoms with van der Waals surface area (Å²) in [7, 11) is -1.19. The Bertz CT molecular complexity index is 694. The fourth-order valence-corrected chi connectivity index (χ4v) is 3.49. The van der Waals surface area contributed by atoms with Gasteiger partial charge in [0.15, 0.2) is 9.84 Å². The van der Waals surface area contributed by atoms with Crippen molar-refractivity contribution in [3.8, 4) is 0 Å². The second-order valence-electron chi connectivity index (χ2n) is 6.74. The molecule has 126 valence electrons. The minimum Gasteiger partial charge on any atom is -0.334 e. The summed E-state index contributed by atoms with van der Waals surface area (Å²) < 4.78 is 23.4. The molecule has 6 heteroatoms. The molecular formula is C17H24N2O3S. The third-order valence-corrected chi connectivity index (χ3v) is 5.73. The number of benzene rings is 1. The van der Waals surface area contributed by atoms with Crippen LogP contribution in [0.5, 0.6) is 0 Å². The second kappa shape index (κ2) is 6.24. The molecule has 3 rings (SSSR count). The van der Waals surface area contributed by atoms with E-state index in [1.54, 1.807) is 12.1 Å². The van der Waals surface area contributed by atoms with Gasteiger partial charge in [0.05, 0.1) is 4.90 Å². The van der Waals surface area contributed by atoms with E-state index in [-0.39, 0.29) is 10.8 Å². The fourth-order valence-electron chi connectivity index (χ4n) is 2.83. The Labute approximate surface area is 138 Å². The van der Waals surface area contributed by atoms with Gasteiger partial charge >= 0.3 is 0 Å². The lowest BCUT2D eigenvalue weighted by molar-refractivity contribution is 0.0725. The molecule has 2 fully saturated rings. The van der Waals surface area contributed by atoms with Gasteiger partial charge in [-0.05, 0) is 50.9 Å². The number of likely N-dealkylation sites (N-methyl/N-ethyl adjacent to an activating group) is 1. The Morgan fingerprint density at radius 3 is 2.35 bits per heavy atom. The number of carbonyl (C=O) groups excluding carboxylic acids is 1. The summed E-state index contributed by atoms with van der Waals surface area (Å²) >= 11 is 0. The number of amides is 1. The van der Waals surface area contributed by atoms with Crippen molar-refractivity contribution in [2.45, 2.75) is 42.7 Å². The van der Waals surface area contributed by atoms with Crippen molar-refractivity contribution >= 4 is 15.7 Å². The Kier molecular flexibility index (Phi) is 4.47. The van der Waals surface area contributed by atoms with E-state index in [2.05, 4.69) is 11.9 Å². The first-order chi connectivity index (χ1) is 10.9. The number of carbonyl (C=O) groups is 1.